The fourth-order valence-electron chi connectivity index (χ4n) is 2.62. The summed E-state index contributed by atoms with van der Waals surface area (Å²) in [5.41, 5.74) is 1.58. The first-order valence-corrected chi connectivity index (χ1v) is 7.96. The van der Waals surface area contributed by atoms with Crippen LogP contribution in [0, 0.1) is 5.82 Å². The van der Waals surface area contributed by atoms with Gasteiger partial charge in [-0.25, -0.2) is 14.1 Å². The van der Waals surface area contributed by atoms with E-state index in [0.717, 1.165) is 11.4 Å². The molecule has 0 aliphatic rings. The van der Waals surface area contributed by atoms with E-state index >= 15 is 0 Å². The third-order valence-electron chi connectivity index (χ3n) is 3.81. The Morgan fingerprint density at radius 3 is 2.76 bits per heavy atom. The van der Waals surface area contributed by atoms with E-state index in [0.29, 0.717) is 12.2 Å². The first-order chi connectivity index (χ1) is 12.1. The van der Waals surface area contributed by atoms with Crippen LogP contribution in [0.2, 0.25) is 5.02 Å². The number of benzene rings is 2. The van der Waals surface area contributed by atoms with Crippen LogP contribution in [0.15, 0.2) is 59.5 Å². The second-order valence-electron chi connectivity index (χ2n) is 5.56. The Labute approximate surface area is 146 Å². The number of nitrogens with zero attached hydrogens (tertiary/aromatic N) is 3. The van der Waals surface area contributed by atoms with Gasteiger partial charge in [-0.05, 0) is 24.3 Å². The highest BCUT2D eigenvalue weighted by Gasteiger charge is 2.10. The van der Waals surface area contributed by atoms with Crippen molar-refractivity contribution >= 4 is 22.5 Å². The lowest BCUT2D eigenvalue weighted by Gasteiger charge is -2.03. The molecular weight excluding hydrogens is 343 g/mol. The molecule has 0 spiro atoms. The summed E-state index contributed by atoms with van der Waals surface area (Å²) < 4.78 is 15.4. The predicted molar refractivity (Wildman–Crippen MR) is 93.7 cm³/mol. The minimum absolute atomic E-state index is 0.103. The van der Waals surface area contributed by atoms with Crippen molar-refractivity contribution in [3.63, 3.8) is 0 Å². The van der Waals surface area contributed by atoms with E-state index in [1.54, 1.807) is 4.68 Å². The summed E-state index contributed by atoms with van der Waals surface area (Å²) in [7, 11) is 0. The van der Waals surface area contributed by atoms with Gasteiger partial charge in [0.05, 0.1) is 33.7 Å². The van der Waals surface area contributed by atoms with Gasteiger partial charge in [0.2, 0.25) is 0 Å². The number of hydrogen-bond acceptors (Lipinski definition) is 3. The summed E-state index contributed by atoms with van der Waals surface area (Å²) in [6.45, 7) is 0. The second kappa shape index (κ2) is 6.14. The van der Waals surface area contributed by atoms with Crippen molar-refractivity contribution in [3.05, 3.63) is 87.4 Å². The molecule has 7 heteroatoms. The molecule has 0 radical (unpaired) electrons. The molecule has 2 aromatic carbocycles. The Hall–Kier alpha value is -2.99. The first kappa shape index (κ1) is 15.5. The summed E-state index contributed by atoms with van der Waals surface area (Å²) in [6.07, 6.45) is 2.17. The molecule has 5 nitrogen and oxygen atoms in total. The van der Waals surface area contributed by atoms with Crippen LogP contribution in [-0.2, 0) is 6.42 Å². The van der Waals surface area contributed by atoms with Gasteiger partial charge in [-0.1, -0.05) is 29.8 Å². The number of aromatic amines is 1. The van der Waals surface area contributed by atoms with E-state index in [1.165, 1.54) is 12.1 Å². The monoisotopic (exact) mass is 354 g/mol. The van der Waals surface area contributed by atoms with E-state index in [4.69, 9.17) is 11.6 Å². The Morgan fingerprint density at radius 2 is 1.96 bits per heavy atom. The summed E-state index contributed by atoms with van der Waals surface area (Å²) in [5.74, 6) is -0.191. The van der Waals surface area contributed by atoms with Crippen molar-refractivity contribution in [2.75, 3.05) is 0 Å². The van der Waals surface area contributed by atoms with Crippen LogP contribution in [0.1, 0.15) is 11.5 Å². The van der Waals surface area contributed by atoms with E-state index < -0.39 is 5.82 Å². The molecule has 0 saturated carbocycles. The SMILES string of the molecule is O=c1[nH]c(Cc2ccn(-c3ccccc3)n2)nc2cc(F)c(Cl)cc12. The predicted octanol–water partition coefficient (Wildman–Crippen LogP) is 3.49. The van der Waals surface area contributed by atoms with E-state index in [9.17, 15) is 9.18 Å². The van der Waals surface area contributed by atoms with Gasteiger partial charge in [-0.3, -0.25) is 4.79 Å². The normalized spacial score (nSPS) is 11.1. The zero-order valence-electron chi connectivity index (χ0n) is 12.9. The Balaban J connectivity index is 1.68. The van der Waals surface area contributed by atoms with Gasteiger partial charge in [-0.2, -0.15) is 5.10 Å². The van der Waals surface area contributed by atoms with Crippen LogP contribution >= 0.6 is 11.6 Å². The number of halogens is 2. The maximum absolute atomic E-state index is 13.6. The molecule has 2 heterocycles. The largest absolute Gasteiger partial charge is 0.310 e. The number of para-hydroxylation sites is 1. The highest BCUT2D eigenvalue weighted by atomic mass is 35.5. The Kier molecular flexibility index (Phi) is 3.82. The molecule has 4 rings (SSSR count). The molecule has 0 aliphatic heterocycles. The van der Waals surface area contributed by atoms with Gasteiger partial charge in [-0.15, -0.1) is 0 Å². The van der Waals surface area contributed by atoms with Crippen molar-refractivity contribution in [2.45, 2.75) is 6.42 Å². The standard InChI is InChI=1S/C18H12ClFN4O/c19-14-9-13-16(10-15(14)20)21-17(22-18(13)25)8-11-6-7-24(23-11)12-4-2-1-3-5-12/h1-7,9-10H,8H2,(H,21,22,25). The molecule has 0 saturated heterocycles. The van der Waals surface area contributed by atoms with Gasteiger partial charge in [0.15, 0.2) is 0 Å². The van der Waals surface area contributed by atoms with Gasteiger partial charge < -0.3 is 4.98 Å². The van der Waals surface area contributed by atoms with Crippen LogP contribution in [0.3, 0.4) is 0 Å². The molecule has 0 atom stereocenters. The summed E-state index contributed by atoms with van der Waals surface area (Å²) in [5, 5.41) is 4.63. The molecule has 124 valence electrons. The summed E-state index contributed by atoms with van der Waals surface area (Å²) >= 11 is 5.72. The fraction of sp³-hybridized carbons (Fsp3) is 0.0556. The molecule has 25 heavy (non-hydrogen) atoms. The molecule has 1 N–H and O–H groups in total. The maximum atomic E-state index is 13.6. The summed E-state index contributed by atoms with van der Waals surface area (Å²) in [6, 6.07) is 14.0. The molecular formula is C18H12ClFN4O. The summed E-state index contributed by atoms with van der Waals surface area (Å²) in [4.78, 5) is 19.2. The molecule has 4 aromatic rings. The number of H-pyrrole nitrogens is 1. The van der Waals surface area contributed by atoms with Crippen LogP contribution in [-0.4, -0.2) is 19.7 Å². The number of nitrogens with one attached hydrogen (secondary N) is 1. The second-order valence-corrected chi connectivity index (χ2v) is 5.97. The van der Waals surface area contributed by atoms with Gasteiger partial charge >= 0.3 is 0 Å². The highest BCUT2D eigenvalue weighted by molar-refractivity contribution is 6.31. The van der Waals surface area contributed by atoms with Gasteiger partial charge in [0, 0.05) is 12.3 Å². The zero-order chi connectivity index (χ0) is 17.4. The molecule has 0 fully saturated rings. The lowest BCUT2D eigenvalue weighted by Crippen LogP contribution is -2.12. The molecule has 2 aromatic heterocycles. The van der Waals surface area contributed by atoms with Gasteiger partial charge in [0.1, 0.15) is 11.6 Å². The molecule has 0 unspecified atom stereocenters. The number of rotatable bonds is 3. The highest BCUT2D eigenvalue weighted by Crippen LogP contribution is 2.19. The molecule has 0 bridgehead atoms. The van der Waals surface area contributed by atoms with E-state index in [2.05, 4.69) is 15.1 Å². The van der Waals surface area contributed by atoms with Crippen molar-refractivity contribution in [1.82, 2.24) is 19.7 Å². The topological polar surface area (TPSA) is 63.6 Å². The number of aromatic nitrogens is 4. The molecule has 0 amide bonds. The van der Waals surface area contributed by atoms with Crippen LogP contribution in [0.5, 0.6) is 0 Å². The smallest absolute Gasteiger partial charge is 0.258 e. The van der Waals surface area contributed by atoms with Crippen molar-refractivity contribution < 1.29 is 4.39 Å². The average Bonchev–Trinajstić information content (AvgIpc) is 3.06. The quantitative estimate of drug-likeness (QED) is 0.612. The number of hydrogen-bond donors (Lipinski definition) is 1. The minimum atomic E-state index is -0.605. The third kappa shape index (κ3) is 3.04. The average molecular weight is 355 g/mol. The van der Waals surface area contributed by atoms with Crippen molar-refractivity contribution in [2.24, 2.45) is 0 Å². The lowest BCUT2D eigenvalue weighted by atomic mass is 10.2. The first-order valence-electron chi connectivity index (χ1n) is 7.58. The molecule has 0 aliphatic carbocycles. The van der Waals surface area contributed by atoms with Gasteiger partial charge in [0.25, 0.3) is 5.56 Å². The zero-order valence-corrected chi connectivity index (χ0v) is 13.7. The van der Waals surface area contributed by atoms with E-state index in [1.807, 2.05) is 42.6 Å². The van der Waals surface area contributed by atoms with E-state index in [-0.39, 0.29) is 21.5 Å². The lowest BCUT2D eigenvalue weighted by molar-refractivity contribution is 0.629. The van der Waals surface area contributed by atoms with Crippen LogP contribution < -0.4 is 5.56 Å². The van der Waals surface area contributed by atoms with Crippen LogP contribution in [0.4, 0.5) is 4.39 Å². The number of fused-ring (bicyclic) bond motifs is 1. The van der Waals surface area contributed by atoms with Crippen molar-refractivity contribution in [3.8, 4) is 5.69 Å². The fourth-order valence-corrected chi connectivity index (χ4v) is 2.78. The maximum Gasteiger partial charge on any atom is 0.258 e. The third-order valence-corrected chi connectivity index (χ3v) is 4.10. The van der Waals surface area contributed by atoms with Crippen molar-refractivity contribution in [1.29, 1.82) is 0 Å². The minimum Gasteiger partial charge on any atom is -0.310 e. The Morgan fingerprint density at radius 1 is 1.16 bits per heavy atom. The Bertz CT molecular complexity index is 1120. The van der Waals surface area contributed by atoms with Crippen LogP contribution in [0.25, 0.3) is 16.6 Å².